The molecule has 4 aromatic carbocycles. The van der Waals surface area contributed by atoms with Crippen molar-refractivity contribution >= 4 is 43.9 Å². The summed E-state index contributed by atoms with van der Waals surface area (Å²) in [5.41, 5.74) is 7.92. The Morgan fingerprint density at radius 2 is 1.57 bits per heavy atom. The van der Waals surface area contributed by atoms with Gasteiger partial charge < -0.3 is 8.83 Å². The molecule has 170 valence electrons. The van der Waals surface area contributed by atoms with Gasteiger partial charge in [-0.15, -0.1) is 0 Å². The van der Waals surface area contributed by atoms with Gasteiger partial charge in [-0.1, -0.05) is 56.3 Å². The van der Waals surface area contributed by atoms with Gasteiger partial charge in [0.15, 0.2) is 0 Å². The van der Waals surface area contributed by atoms with E-state index < -0.39 is 0 Å². The van der Waals surface area contributed by atoms with Crippen LogP contribution < -0.4 is 0 Å². The second kappa shape index (κ2) is 7.60. The average molecular weight is 457 g/mol. The molecule has 4 heteroatoms. The van der Waals surface area contributed by atoms with Crippen molar-refractivity contribution in [2.24, 2.45) is 5.92 Å². The first-order valence-electron chi connectivity index (χ1n) is 12.1. The normalized spacial score (nSPS) is 12.1. The molecule has 3 heterocycles. The third-order valence-corrected chi connectivity index (χ3v) is 6.71. The fourth-order valence-corrected chi connectivity index (χ4v) is 5.17. The lowest BCUT2D eigenvalue weighted by atomic mass is 10.0. The molecule has 0 saturated carbocycles. The molecule has 35 heavy (non-hydrogen) atoms. The Morgan fingerprint density at radius 3 is 2.49 bits per heavy atom. The van der Waals surface area contributed by atoms with Gasteiger partial charge in [0, 0.05) is 22.2 Å². The van der Waals surface area contributed by atoms with E-state index in [-0.39, 0.29) is 0 Å². The van der Waals surface area contributed by atoms with Crippen LogP contribution in [0.2, 0.25) is 0 Å². The second-order valence-electron chi connectivity index (χ2n) is 9.62. The summed E-state index contributed by atoms with van der Waals surface area (Å²) < 4.78 is 14.5. The van der Waals surface area contributed by atoms with Gasteiger partial charge in [-0.25, -0.2) is 4.98 Å². The van der Waals surface area contributed by atoms with Gasteiger partial charge in [-0.2, -0.15) is 0 Å². The van der Waals surface area contributed by atoms with Crippen molar-refractivity contribution in [3.8, 4) is 17.1 Å². The molecule has 0 aliphatic heterocycles. The summed E-state index contributed by atoms with van der Waals surface area (Å²) in [7, 11) is 0. The number of aromatic nitrogens is 2. The molecule has 0 spiro atoms. The lowest BCUT2D eigenvalue weighted by Crippen LogP contribution is -1.97. The van der Waals surface area contributed by atoms with E-state index in [0.29, 0.717) is 5.92 Å². The van der Waals surface area contributed by atoms with Gasteiger partial charge in [-0.3, -0.25) is 4.57 Å². The van der Waals surface area contributed by atoms with Crippen LogP contribution in [0.3, 0.4) is 0 Å². The summed E-state index contributed by atoms with van der Waals surface area (Å²) in [5.74, 6) is 1.45. The van der Waals surface area contributed by atoms with E-state index in [9.17, 15) is 0 Å². The molecule has 0 bridgehead atoms. The van der Waals surface area contributed by atoms with Gasteiger partial charge in [0.2, 0.25) is 0 Å². The molecule has 4 nitrogen and oxygen atoms in total. The van der Waals surface area contributed by atoms with Crippen LogP contribution in [0.15, 0.2) is 100 Å². The van der Waals surface area contributed by atoms with Gasteiger partial charge in [0.05, 0.1) is 22.3 Å². The van der Waals surface area contributed by atoms with Crippen molar-refractivity contribution in [1.29, 1.82) is 0 Å². The minimum absolute atomic E-state index is 0.597. The first-order valence-corrected chi connectivity index (χ1v) is 12.1. The van der Waals surface area contributed by atoms with Crippen molar-refractivity contribution in [1.82, 2.24) is 9.55 Å². The molecule has 7 rings (SSSR count). The molecule has 3 aromatic heterocycles. The molecule has 0 saturated heterocycles. The van der Waals surface area contributed by atoms with Crippen molar-refractivity contribution in [3.05, 3.63) is 96.8 Å². The topological polar surface area (TPSA) is 44.1 Å². The molecule has 0 unspecified atom stereocenters. The van der Waals surface area contributed by atoms with Gasteiger partial charge in [0.1, 0.15) is 28.8 Å². The van der Waals surface area contributed by atoms with Crippen LogP contribution in [0.5, 0.6) is 0 Å². The summed E-state index contributed by atoms with van der Waals surface area (Å²) >= 11 is 0. The first kappa shape index (κ1) is 20.1. The van der Waals surface area contributed by atoms with E-state index >= 15 is 0 Å². The van der Waals surface area contributed by atoms with E-state index in [0.717, 1.165) is 67.4 Å². The van der Waals surface area contributed by atoms with Crippen LogP contribution in [-0.4, -0.2) is 9.55 Å². The van der Waals surface area contributed by atoms with Crippen LogP contribution in [0, 0.1) is 5.92 Å². The fourth-order valence-electron chi connectivity index (χ4n) is 5.17. The summed E-state index contributed by atoms with van der Waals surface area (Å²) in [6.45, 7) is 4.47. The highest BCUT2D eigenvalue weighted by Crippen LogP contribution is 2.37. The maximum atomic E-state index is 6.20. The van der Waals surface area contributed by atoms with Crippen molar-refractivity contribution in [2.45, 2.75) is 20.3 Å². The number of imidazole rings is 1. The predicted molar refractivity (Wildman–Crippen MR) is 142 cm³/mol. The number of para-hydroxylation sites is 3. The number of fused-ring (bicyclic) bond motifs is 5. The fraction of sp³-hybridized carbons (Fsp3) is 0.129. The van der Waals surface area contributed by atoms with Crippen LogP contribution in [0.25, 0.3) is 61.0 Å². The number of nitrogens with zero attached hydrogens (tertiary/aromatic N) is 2. The third-order valence-electron chi connectivity index (χ3n) is 6.71. The Morgan fingerprint density at radius 1 is 0.771 bits per heavy atom. The Labute approximate surface area is 202 Å². The zero-order chi connectivity index (χ0) is 23.5. The third kappa shape index (κ3) is 3.17. The summed E-state index contributed by atoms with van der Waals surface area (Å²) in [6.07, 6.45) is 2.86. The molecule has 0 aliphatic rings. The van der Waals surface area contributed by atoms with Gasteiger partial charge in [-0.05, 0) is 54.3 Å². The minimum atomic E-state index is 0.597. The first-order chi connectivity index (χ1) is 17.2. The molecule has 7 aromatic rings. The molecule has 0 N–H and O–H groups in total. The Balaban J connectivity index is 1.45. The Bertz CT molecular complexity index is 1870. The van der Waals surface area contributed by atoms with Crippen molar-refractivity contribution in [2.75, 3.05) is 0 Å². The highest BCUT2D eigenvalue weighted by atomic mass is 16.3. The maximum absolute atomic E-state index is 6.20. The highest BCUT2D eigenvalue weighted by molar-refractivity contribution is 6.05. The quantitative estimate of drug-likeness (QED) is 0.266. The summed E-state index contributed by atoms with van der Waals surface area (Å²) in [5, 5.41) is 3.31. The highest BCUT2D eigenvalue weighted by Gasteiger charge is 2.19. The van der Waals surface area contributed by atoms with E-state index in [2.05, 4.69) is 79.1 Å². The standard InChI is InChI=1S/C31H24N2O2/c1-19(2)15-20-11-13-24-25(18-34-29(24)16-20)31-32-26-8-4-5-9-27(26)33(31)21-12-14-23-22-7-3-6-10-28(22)35-30(23)17-21/h3-14,16-19H,15H2,1-2H3. The Kier molecular flexibility index (Phi) is 4.37. The van der Waals surface area contributed by atoms with Crippen LogP contribution >= 0.6 is 0 Å². The molecule has 0 radical (unpaired) electrons. The van der Waals surface area contributed by atoms with E-state index in [4.69, 9.17) is 13.8 Å². The van der Waals surface area contributed by atoms with E-state index in [1.54, 1.807) is 0 Å². The van der Waals surface area contributed by atoms with Crippen LogP contribution in [-0.2, 0) is 6.42 Å². The van der Waals surface area contributed by atoms with E-state index in [1.807, 2.05) is 30.5 Å². The zero-order valence-corrected chi connectivity index (χ0v) is 19.7. The molecule has 0 fully saturated rings. The van der Waals surface area contributed by atoms with Gasteiger partial charge in [0.25, 0.3) is 0 Å². The predicted octanol–water partition coefficient (Wildman–Crippen LogP) is 8.54. The van der Waals surface area contributed by atoms with E-state index in [1.165, 1.54) is 5.56 Å². The number of benzene rings is 4. The smallest absolute Gasteiger partial charge is 0.149 e. The second-order valence-corrected chi connectivity index (χ2v) is 9.62. The molecule has 0 amide bonds. The number of rotatable bonds is 4. The monoisotopic (exact) mass is 456 g/mol. The molecular weight excluding hydrogens is 432 g/mol. The molecule has 0 atom stereocenters. The lowest BCUT2D eigenvalue weighted by Gasteiger charge is -2.09. The van der Waals surface area contributed by atoms with Crippen molar-refractivity contribution in [3.63, 3.8) is 0 Å². The largest absolute Gasteiger partial charge is 0.464 e. The number of furan rings is 2. The van der Waals surface area contributed by atoms with Crippen molar-refractivity contribution < 1.29 is 8.83 Å². The lowest BCUT2D eigenvalue weighted by molar-refractivity contribution is 0.613. The zero-order valence-electron chi connectivity index (χ0n) is 19.7. The summed E-state index contributed by atoms with van der Waals surface area (Å²) in [6, 6.07) is 29.3. The van der Waals surface area contributed by atoms with Crippen LogP contribution in [0.1, 0.15) is 19.4 Å². The number of hydrogen-bond donors (Lipinski definition) is 0. The summed E-state index contributed by atoms with van der Waals surface area (Å²) in [4.78, 5) is 5.05. The van der Waals surface area contributed by atoms with Crippen LogP contribution in [0.4, 0.5) is 0 Å². The molecular formula is C31H24N2O2. The Hall–Kier alpha value is -4.31. The van der Waals surface area contributed by atoms with Gasteiger partial charge >= 0.3 is 0 Å². The SMILES string of the molecule is CC(C)Cc1ccc2c(-c3nc4ccccc4n3-c3ccc4c(c3)oc3ccccc34)coc2c1. The maximum Gasteiger partial charge on any atom is 0.149 e. The minimum Gasteiger partial charge on any atom is -0.464 e. The number of hydrogen-bond acceptors (Lipinski definition) is 3. The average Bonchev–Trinajstić information content (AvgIpc) is 3.55. The molecule has 0 aliphatic carbocycles.